The predicted octanol–water partition coefficient (Wildman–Crippen LogP) is 1.94. The number of para-hydroxylation sites is 1. The molecule has 0 saturated heterocycles. The van der Waals surface area contributed by atoms with Crippen molar-refractivity contribution in [2.24, 2.45) is 0 Å². The van der Waals surface area contributed by atoms with Gasteiger partial charge in [-0.2, -0.15) is 5.10 Å². The van der Waals surface area contributed by atoms with Crippen molar-refractivity contribution in [2.45, 2.75) is 13.3 Å². The molecule has 1 heterocycles. The zero-order chi connectivity index (χ0) is 12.1. The molecule has 0 amide bonds. The van der Waals surface area contributed by atoms with Crippen LogP contribution in [0.2, 0.25) is 0 Å². The minimum Gasteiger partial charge on any atom is -0.477 e. The minimum atomic E-state index is 0.137. The van der Waals surface area contributed by atoms with Gasteiger partial charge < -0.3 is 9.84 Å². The van der Waals surface area contributed by atoms with Crippen LogP contribution in [0.25, 0.3) is 5.69 Å². The van der Waals surface area contributed by atoms with E-state index in [1.54, 1.807) is 4.68 Å². The van der Waals surface area contributed by atoms with Gasteiger partial charge in [-0.05, 0) is 19.1 Å². The van der Waals surface area contributed by atoms with Crippen LogP contribution >= 0.6 is 0 Å². The second kappa shape index (κ2) is 5.50. The first-order chi connectivity index (χ1) is 8.31. The lowest BCUT2D eigenvalue weighted by molar-refractivity contribution is 0.226. The van der Waals surface area contributed by atoms with E-state index in [1.807, 2.05) is 43.3 Å². The molecule has 2 aromatic rings. The topological polar surface area (TPSA) is 47.3 Å². The van der Waals surface area contributed by atoms with Crippen LogP contribution in [0.5, 0.6) is 5.88 Å². The van der Waals surface area contributed by atoms with Gasteiger partial charge in [0.05, 0.1) is 18.0 Å². The van der Waals surface area contributed by atoms with E-state index in [0.717, 1.165) is 11.4 Å². The maximum atomic E-state index is 8.73. The number of hydrogen-bond donors (Lipinski definition) is 1. The highest BCUT2D eigenvalue weighted by molar-refractivity contribution is 5.35. The van der Waals surface area contributed by atoms with Crippen molar-refractivity contribution in [3.05, 3.63) is 42.1 Å². The molecule has 0 unspecified atom stereocenters. The van der Waals surface area contributed by atoms with Crippen molar-refractivity contribution in [3.63, 3.8) is 0 Å². The first-order valence-electron chi connectivity index (χ1n) is 5.67. The Labute approximate surface area is 100 Å². The van der Waals surface area contributed by atoms with Gasteiger partial charge in [0.15, 0.2) is 0 Å². The van der Waals surface area contributed by atoms with Gasteiger partial charge in [-0.1, -0.05) is 18.2 Å². The largest absolute Gasteiger partial charge is 0.477 e. The number of aliphatic hydroxyl groups is 1. The zero-order valence-electron chi connectivity index (χ0n) is 9.84. The molecule has 0 fully saturated rings. The molecule has 1 aromatic carbocycles. The second-order valence-corrected chi connectivity index (χ2v) is 3.80. The Hall–Kier alpha value is -1.81. The van der Waals surface area contributed by atoms with Crippen LogP contribution in [-0.4, -0.2) is 28.1 Å². The van der Waals surface area contributed by atoms with Gasteiger partial charge in [-0.15, -0.1) is 0 Å². The minimum absolute atomic E-state index is 0.137. The fourth-order valence-corrected chi connectivity index (χ4v) is 1.57. The summed E-state index contributed by atoms with van der Waals surface area (Å²) in [5.74, 6) is 0.710. The predicted molar refractivity (Wildman–Crippen MR) is 65.5 cm³/mol. The van der Waals surface area contributed by atoms with Gasteiger partial charge in [-0.25, -0.2) is 4.68 Å². The number of rotatable bonds is 5. The van der Waals surface area contributed by atoms with Crippen LogP contribution in [0.1, 0.15) is 12.1 Å². The van der Waals surface area contributed by atoms with Gasteiger partial charge in [0, 0.05) is 19.1 Å². The summed E-state index contributed by atoms with van der Waals surface area (Å²) >= 11 is 0. The van der Waals surface area contributed by atoms with E-state index in [-0.39, 0.29) is 6.61 Å². The Balaban J connectivity index is 2.22. The molecule has 0 aliphatic rings. The molecular formula is C13H16N2O2. The molecule has 17 heavy (non-hydrogen) atoms. The van der Waals surface area contributed by atoms with Gasteiger partial charge in [0.1, 0.15) is 0 Å². The SMILES string of the molecule is Cc1cc(OCCCO)n(-c2ccccc2)n1. The molecule has 0 atom stereocenters. The summed E-state index contributed by atoms with van der Waals surface area (Å²) in [5, 5.41) is 13.1. The number of benzene rings is 1. The smallest absolute Gasteiger partial charge is 0.216 e. The van der Waals surface area contributed by atoms with E-state index < -0.39 is 0 Å². The fourth-order valence-electron chi connectivity index (χ4n) is 1.57. The molecular weight excluding hydrogens is 216 g/mol. The lowest BCUT2D eigenvalue weighted by Crippen LogP contribution is -2.05. The molecule has 0 aliphatic carbocycles. The molecule has 0 saturated carbocycles. The molecule has 0 aliphatic heterocycles. The molecule has 1 N–H and O–H groups in total. The summed E-state index contributed by atoms with van der Waals surface area (Å²) < 4.78 is 7.36. The Kier molecular flexibility index (Phi) is 3.77. The van der Waals surface area contributed by atoms with Crippen LogP contribution in [0.15, 0.2) is 36.4 Å². The van der Waals surface area contributed by atoms with Crippen LogP contribution in [-0.2, 0) is 0 Å². The van der Waals surface area contributed by atoms with Crippen molar-refractivity contribution in [1.82, 2.24) is 9.78 Å². The number of aliphatic hydroxyl groups excluding tert-OH is 1. The molecule has 0 spiro atoms. The standard InChI is InChI=1S/C13H16N2O2/c1-11-10-13(17-9-5-8-16)15(14-11)12-6-3-2-4-7-12/h2-4,6-7,10,16H,5,8-9H2,1H3. The van der Waals surface area contributed by atoms with Crippen molar-refractivity contribution < 1.29 is 9.84 Å². The molecule has 0 radical (unpaired) electrons. The van der Waals surface area contributed by atoms with E-state index in [4.69, 9.17) is 9.84 Å². The number of hydrogen-bond acceptors (Lipinski definition) is 3. The van der Waals surface area contributed by atoms with Gasteiger partial charge >= 0.3 is 0 Å². The summed E-state index contributed by atoms with van der Waals surface area (Å²) in [5.41, 5.74) is 1.88. The summed E-state index contributed by atoms with van der Waals surface area (Å²) in [6.07, 6.45) is 0.624. The second-order valence-electron chi connectivity index (χ2n) is 3.80. The molecule has 4 nitrogen and oxygen atoms in total. The monoisotopic (exact) mass is 232 g/mol. The Morgan fingerprint density at radius 3 is 2.76 bits per heavy atom. The Morgan fingerprint density at radius 1 is 1.29 bits per heavy atom. The van der Waals surface area contributed by atoms with E-state index >= 15 is 0 Å². The van der Waals surface area contributed by atoms with Gasteiger partial charge in [-0.3, -0.25) is 0 Å². The van der Waals surface area contributed by atoms with Crippen LogP contribution in [0.4, 0.5) is 0 Å². The van der Waals surface area contributed by atoms with E-state index in [2.05, 4.69) is 5.10 Å². The maximum Gasteiger partial charge on any atom is 0.216 e. The average molecular weight is 232 g/mol. The molecule has 2 rings (SSSR count). The van der Waals surface area contributed by atoms with Crippen molar-refractivity contribution in [2.75, 3.05) is 13.2 Å². The average Bonchev–Trinajstić information content (AvgIpc) is 2.72. The zero-order valence-corrected chi connectivity index (χ0v) is 9.84. The molecule has 1 aromatic heterocycles. The van der Waals surface area contributed by atoms with E-state index in [0.29, 0.717) is 18.9 Å². The number of aromatic nitrogens is 2. The highest BCUT2D eigenvalue weighted by Gasteiger charge is 2.07. The van der Waals surface area contributed by atoms with E-state index in [9.17, 15) is 0 Å². The highest BCUT2D eigenvalue weighted by atomic mass is 16.5. The third-order valence-electron chi connectivity index (χ3n) is 2.35. The first kappa shape index (κ1) is 11.7. The number of ether oxygens (including phenoxy) is 1. The van der Waals surface area contributed by atoms with Crippen molar-refractivity contribution in [1.29, 1.82) is 0 Å². The van der Waals surface area contributed by atoms with Crippen molar-refractivity contribution in [3.8, 4) is 11.6 Å². The highest BCUT2D eigenvalue weighted by Crippen LogP contribution is 2.19. The Morgan fingerprint density at radius 2 is 2.06 bits per heavy atom. The van der Waals surface area contributed by atoms with Crippen LogP contribution in [0, 0.1) is 6.92 Å². The number of aryl methyl sites for hydroxylation is 1. The summed E-state index contributed by atoms with van der Waals surface area (Å²) in [6.45, 7) is 2.56. The lowest BCUT2D eigenvalue weighted by Gasteiger charge is -2.08. The Bertz CT molecular complexity index is 466. The number of nitrogens with zero attached hydrogens (tertiary/aromatic N) is 2. The lowest BCUT2D eigenvalue weighted by atomic mass is 10.3. The van der Waals surface area contributed by atoms with Gasteiger partial charge in [0.2, 0.25) is 5.88 Å². The molecule has 90 valence electrons. The summed E-state index contributed by atoms with van der Waals surface area (Å²) in [6, 6.07) is 11.7. The maximum absolute atomic E-state index is 8.73. The van der Waals surface area contributed by atoms with Crippen LogP contribution in [0.3, 0.4) is 0 Å². The fraction of sp³-hybridized carbons (Fsp3) is 0.308. The molecule has 0 bridgehead atoms. The first-order valence-corrected chi connectivity index (χ1v) is 5.67. The summed E-state index contributed by atoms with van der Waals surface area (Å²) in [4.78, 5) is 0. The van der Waals surface area contributed by atoms with Crippen LogP contribution < -0.4 is 4.74 Å². The third kappa shape index (κ3) is 2.85. The van der Waals surface area contributed by atoms with Gasteiger partial charge in [0.25, 0.3) is 0 Å². The van der Waals surface area contributed by atoms with Crippen molar-refractivity contribution >= 4 is 0 Å². The van der Waals surface area contributed by atoms with E-state index in [1.165, 1.54) is 0 Å². The summed E-state index contributed by atoms with van der Waals surface area (Å²) in [7, 11) is 0. The molecule has 4 heteroatoms. The quantitative estimate of drug-likeness (QED) is 0.801. The third-order valence-corrected chi connectivity index (χ3v) is 2.35. The normalized spacial score (nSPS) is 10.5.